The molecule has 1 atom stereocenters. The van der Waals surface area contributed by atoms with E-state index < -0.39 is 28.5 Å². The fourth-order valence-corrected chi connectivity index (χ4v) is 4.58. The van der Waals surface area contributed by atoms with Crippen LogP contribution in [0.3, 0.4) is 0 Å². The Balaban J connectivity index is 1.88. The third-order valence-corrected chi connectivity index (χ3v) is 6.11. The lowest BCUT2D eigenvalue weighted by molar-refractivity contribution is 0.351. The van der Waals surface area contributed by atoms with Crippen molar-refractivity contribution in [3.05, 3.63) is 88.2 Å². The minimum Gasteiger partial charge on any atom is -0.493 e. The number of ether oxygens (including phenoxy) is 2. The number of nitrogens with zero attached hydrogens (tertiary/aromatic N) is 2. The summed E-state index contributed by atoms with van der Waals surface area (Å²) in [6, 6.07) is 13.4. The zero-order chi connectivity index (χ0) is 22.1. The van der Waals surface area contributed by atoms with Gasteiger partial charge < -0.3 is 9.47 Å². The first-order valence-corrected chi connectivity index (χ1v) is 10.3. The van der Waals surface area contributed by atoms with Crippen LogP contribution in [0.5, 0.6) is 11.5 Å². The van der Waals surface area contributed by atoms with Crippen molar-refractivity contribution >= 4 is 34.1 Å². The number of methoxy groups -OCH3 is 2. The molecule has 9 heteroatoms. The summed E-state index contributed by atoms with van der Waals surface area (Å²) >= 11 is 7.24. The molecule has 1 aliphatic heterocycles. The third-order valence-electron chi connectivity index (χ3n) is 4.65. The van der Waals surface area contributed by atoms with Gasteiger partial charge in [0, 0.05) is 28.3 Å². The van der Waals surface area contributed by atoms with Crippen LogP contribution in [-0.4, -0.2) is 19.3 Å². The Hall–Kier alpha value is -2.84. The second kappa shape index (κ2) is 8.72. The summed E-state index contributed by atoms with van der Waals surface area (Å²) in [6.45, 7) is 0. The molecule has 0 fully saturated rings. The minimum atomic E-state index is -1.06. The van der Waals surface area contributed by atoms with Crippen LogP contribution in [0.1, 0.15) is 16.5 Å². The van der Waals surface area contributed by atoms with E-state index >= 15 is 0 Å². The quantitative estimate of drug-likeness (QED) is 0.438. The molecule has 4 nitrogen and oxygen atoms in total. The first-order valence-electron chi connectivity index (χ1n) is 9.08. The summed E-state index contributed by atoms with van der Waals surface area (Å²) in [5.74, 6) is -2.27. The molecule has 1 unspecified atom stereocenters. The van der Waals surface area contributed by atoms with Crippen molar-refractivity contribution in [1.82, 2.24) is 0 Å². The molecule has 3 aromatic rings. The molecule has 0 saturated carbocycles. The molecule has 0 spiro atoms. The third kappa shape index (κ3) is 4.05. The first-order chi connectivity index (χ1) is 14.9. The number of hydrogen-bond acceptors (Lipinski definition) is 5. The highest BCUT2D eigenvalue weighted by Gasteiger charge is 2.36. The predicted octanol–water partition coefficient (Wildman–Crippen LogP) is 6.39. The SMILES string of the molecule is COc1cccc(C2SC(c3ccc(Cl)cc3)=NN2c2c(F)cc(F)cc2F)c1OC. The van der Waals surface area contributed by atoms with Crippen molar-refractivity contribution in [2.75, 3.05) is 19.2 Å². The number of benzene rings is 3. The van der Waals surface area contributed by atoms with E-state index in [2.05, 4.69) is 5.10 Å². The molecular formula is C22H16ClF3N2O2S. The average Bonchev–Trinajstić information content (AvgIpc) is 3.17. The molecule has 160 valence electrons. The van der Waals surface area contributed by atoms with Gasteiger partial charge in [0.05, 0.1) is 14.2 Å². The molecule has 0 radical (unpaired) electrons. The van der Waals surface area contributed by atoms with Gasteiger partial charge in [-0.25, -0.2) is 18.2 Å². The van der Waals surface area contributed by atoms with Crippen molar-refractivity contribution in [2.45, 2.75) is 5.37 Å². The molecule has 0 N–H and O–H groups in total. The Labute approximate surface area is 186 Å². The van der Waals surface area contributed by atoms with Crippen LogP contribution in [0.2, 0.25) is 5.02 Å². The van der Waals surface area contributed by atoms with E-state index in [9.17, 15) is 13.2 Å². The molecule has 1 aliphatic rings. The van der Waals surface area contributed by atoms with Gasteiger partial charge in [0.25, 0.3) is 0 Å². The molecule has 31 heavy (non-hydrogen) atoms. The molecular weight excluding hydrogens is 449 g/mol. The van der Waals surface area contributed by atoms with Crippen molar-refractivity contribution < 1.29 is 22.6 Å². The van der Waals surface area contributed by atoms with E-state index in [4.69, 9.17) is 21.1 Å². The summed E-state index contributed by atoms with van der Waals surface area (Å²) in [4.78, 5) is 0. The normalized spacial score (nSPS) is 15.7. The molecule has 0 aliphatic carbocycles. The lowest BCUT2D eigenvalue weighted by Gasteiger charge is -2.25. The topological polar surface area (TPSA) is 34.1 Å². The lowest BCUT2D eigenvalue weighted by Crippen LogP contribution is -2.20. The summed E-state index contributed by atoms with van der Waals surface area (Å²) in [5.41, 5.74) is 0.835. The number of thioether (sulfide) groups is 1. The summed E-state index contributed by atoms with van der Waals surface area (Å²) in [5, 5.41) is 6.01. The number of halogens is 4. The van der Waals surface area contributed by atoms with Gasteiger partial charge in [-0.15, -0.1) is 0 Å². The van der Waals surface area contributed by atoms with Gasteiger partial charge in [-0.05, 0) is 18.2 Å². The maximum atomic E-state index is 14.7. The van der Waals surface area contributed by atoms with Crippen LogP contribution in [0.15, 0.2) is 59.7 Å². The highest BCUT2D eigenvalue weighted by molar-refractivity contribution is 8.15. The van der Waals surface area contributed by atoms with E-state index in [1.165, 1.54) is 31.0 Å². The first kappa shape index (κ1) is 21.4. The standard InChI is InChI=1S/C22H16ClF3N2O2S/c1-29-18-5-3-4-15(20(18)30-2)22-28(19-16(25)10-14(24)11-17(19)26)27-21(31-22)12-6-8-13(23)9-7-12/h3-11,22H,1-2H3. The van der Waals surface area contributed by atoms with Crippen molar-refractivity contribution in [3.8, 4) is 11.5 Å². The number of para-hydroxylation sites is 1. The van der Waals surface area contributed by atoms with E-state index in [-0.39, 0.29) is 0 Å². The Morgan fingerprint density at radius 2 is 1.65 bits per heavy atom. The van der Waals surface area contributed by atoms with Gasteiger partial charge in [-0.3, -0.25) is 0 Å². The fraction of sp³-hybridized carbons (Fsp3) is 0.136. The summed E-state index contributed by atoms with van der Waals surface area (Å²) in [7, 11) is 2.97. The summed E-state index contributed by atoms with van der Waals surface area (Å²) < 4.78 is 53.8. The van der Waals surface area contributed by atoms with Crippen LogP contribution in [-0.2, 0) is 0 Å². The van der Waals surface area contributed by atoms with Gasteiger partial charge in [0.2, 0.25) is 0 Å². The minimum absolute atomic E-state index is 0.406. The van der Waals surface area contributed by atoms with E-state index in [1.54, 1.807) is 42.5 Å². The molecule has 0 aromatic heterocycles. The molecule has 4 rings (SSSR count). The molecule has 1 heterocycles. The second-order valence-electron chi connectivity index (χ2n) is 6.53. The molecule has 3 aromatic carbocycles. The van der Waals surface area contributed by atoms with E-state index in [1.807, 2.05) is 0 Å². The molecule has 0 amide bonds. The Kier molecular flexibility index (Phi) is 6.02. The Morgan fingerprint density at radius 1 is 0.968 bits per heavy atom. The Morgan fingerprint density at radius 3 is 2.26 bits per heavy atom. The fourth-order valence-electron chi connectivity index (χ4n) is 3.27. The molecule has 0 bridgehead atoms. The van der Waals surface area contributed by atoms with E-state index in [0.29, 0.717) is 44.8 Å². The van der Waals surface area contributed by atoms with E-state index in [0.717, 1.165) is 0 Å². The maximum absolute atomic E-state index is 14.7. The number of anilines is 1. The highest BCUT2D eigenvalue weighted by Crippen LogP contribution is 2.49. The number of hydrogen-bond donors (Lipinski definition) is 0. The predicted molar refractivity (Wildman–Crippen MR) is 117 cm³/mol. The van der Waals surface area contributed by atoms with Crippen LogP contribution < -0.4 is 14.5 Å². The van der Waals surface area contributed by atoms with Gasteiger partial charge in [0.1, 0.15) is 21.9 Å². The van der Waals surface area contributed by atoms with Gasteiger partial charge in [-0.1, -0.05) is 47.6 Å². The largest absolute Gasteiger partial charge is 0.493 e. The van der Waals surface area contributed by atoms with Gasteiger partial charge in [-0.2, -0.15) is 5.10 Å². The average molecular weight is 465 g/mol. The smallest absolute Gasteiger partial charge is 0.166 e. The van der Waals surface area contributed by atoms with Crippen molar-refractivity contribution in [1.29, 1.82) is 0 Å². The van der Waals surface area contributed by atoms with Crippen LogP contribution in [0.4, 0.5) is 18.9 Å². The van der Waals surface area contributed by atoms with Gasteiger partial charge in [0.15, 0.2) is 23.1 Å². The lowest BCUT2D eigenvalue weighted by atomic mass is 10.1. The zero-order valence-corrected chi connectivity index (χ0v) is 18.0. The van der Waals surface area contributed by atoms with Crippen molar-refractivity contribution in [3.63, 3.8) is 0 Å². The number of rotatable bonds is 5. The van der Waals surface area contributed by atoms with Gasteiger partial charge >= 0.3 is 0 Å². The van der Waals surface area contributed by atoms with Crippen LogP contribution in [0, 0.1) is 17.5 Å². The van der Waals surface area contributed by atoms with Crippen LogP contribution >= 0.6 is 23.4 Å². The zero-order valence-electron chi connectivity index (χ0n) is 16.4. The molecule has 0 saturated heterocycles. The monoisotopic (exact) mass is 464 g/mol. The highest BCUT2D eigenvalue weighted by atomic mass is 35.5. The number of hydrazone groups is 1. The summed E-state index contributed by atoms with van der Waals surface area (Å²) in [6.07, 6.45) is 0. The second-order valence-corrected chi connectivity index (χ2v) is 8.03. The maximum Gasteiger partial charge on any atom is 0.166 e. The van der Waals surface area contributed by atoms with Crippen LogP contribution in [0.25, 0.3) is 0 Å². The van der Waals surface area contributed by atoms with Crippen molar-refractivity contribution in [2.24, 2.45) is 5.10 Å². The Bertz CT molecular complexity index is 1130.